The Hall–Kier alpha value is -3.08. The molecule has 1 aromatic heterocycles. The SMILES string of the molecule is O=[N+]([O-])c1ccc(-c2cnc(-c3ccccc3)nc2)cc1. The standard InChI is InChI=1S/C16H11N3O2/c20-19(21)15-8-6-12(7-9-15)14-10-17-16(18-11-14)13-4-2-1-3-5-13/h1-11H. The molecule has 0 saturated carbocycles. The summed E-state index contributed by atoms with van der Waals surface area (Å²) in [6, 6.07) is 16.0. The van der Waals surface area contributed by atoms with Crippen LogP contribution in [0.1, 0.15) is 0 Å². The van der Waals surface area contributed by atoms with Crippen LogP contribution in [0, 0.1) is 10.1 Å². The summed E-state index contributed by atoms with van der Waals surface area (Å²) in [4.78, 5) is 18.9. The van der Waals surface area contributed by atoms with Crippen molar-refractivity contribution >= 4 is 5.69 Å². The third kappa shape index (κ3) is 2.76. The van der Waals surface area contributed by atoms with Gasteiger partial charge in [-0.05, 0) is 17.7 Å². The number of hydrogen-bond acceptors (Lipinski definition) is 4. The molecule has 21 heavy (non-hydrogen) atoms. The fraction of sp³-hybridized carbons (Fsp3) is 0. The highest BCUT2D eigenvalue weighted by atomic mass is 16.6. The lowest BCUT2D eigenvalue weighted by atomic mass is 10.1. The van der Waals surface area contributed by atoms with Gasteiger partial charge >= 0.3 is 0 Å². The molecule has 102 valence electrons. The predicted octanol–water partition coefficient (Wildman–Crippen LogP) is 3.72. The van der Waals surface area contributed by atoms with Crippen molar-refractivity contribution in [3.05, 3.63) is 77.1 Å². The molecular weight excluding hydrogens is 266 g/mol. The van der Waals surface area contributed by atoms with Crippen molar-refractivity contribution in [3.8, 4) is 22.5 Å². The lowest BCUT2D eigenvalue weighted by Crippen LogP contribution is -1.90. The van der Waals surface area contributed by atoms with Crippen molar-refractivity contribution < 1.29 is 4.92 Å². The van der Waals surface area contributed by atoms with Gasteiger partial charge in [0.05, 0.1) is 4.92 Å². The first-order valence-electron chi connectivity index (χ1n) is 6.36. The summed E-state index contributed by atoms with van der Waals surface area (Å²) in [7, 11) is 0. The van der Waals surface area contributed by atoms with Crippen LogP contribution in [0.25, 0.3) is 22.5 Å². The highest BCUT2D eigenvalue weighted by Gasteiger charge is 2.06. The molecule has 0 amide bonds. The van der Waals surface area contributed by atoms with E-state index in [0.29, 0.717) is 5.82 Å². The first-order valence-corrected chi connectivity index (χ1v) is 6.36. The molecule has 0 aliphatic carbocycles. The third-order valence-electron chi connectivity index (χ3n) is 3.10. The van der Waals surface area contributed by atoms with Gasteiger partial charge in [-0.15, -0.1) is 0 Å². The Bertz CT molecular complexity index is 754. The fourth-order valence-corrected chi connectivity index (χ4v) is 1.99. The Morgan fingerprint density at radius 1 is 0.762 bits per heavy atom. The van der Waals surface area contributed by atoms with Gasteiger partial charge in [0.15, 0.2) is 5.82 Å². The van der Waals surface area contributed by atoms with Crippen molar-refractivity contribution in [3.63, 3.8) is 0 Å². The van der Waals surface area contributed by atoms with E-state index in [1.165, 1.54) is 12.1 Å². The van der Waals surface area contributed by atoms with E-state index in [0.717, 1.165) is 16.7 Å². The second-order valence-electron chi connectivity index (χ2n) is 4.47. The van der Waals surface area contributed by atoms with Crippen molar-refractivity contribution in [2.45, 2.75) is 0 Å². The molecular formula is C16H11N3O2. The van der Waals surface area contributed by atoms with E-state index in [4.69, 9.17) is 0 Å². The van der Waals surface area contributed by atoms with E-state index < -0.39 is 4.92 Å². The minimum absolute atomic E-state index is 0.0700. The van der Waals surface area contributed by atoms with Crippen molar-refractivity contribution in [2.24, 2.45) is 0 Å². The molecule has 0 aliphatic rings. The molecule has 2 aromatic carbocycles. The average molecular weight is 277 g/mol. The highest BCUT2D eigenvalue weighted by Crippen LogP contribution is 2.22. The van der Waals surface area contributed by atoms with Gasteiger partial charge in [-0.25, -0.2) is 9.97 Å². The Morgan fingerprint density at radius 2 is 1.38 bits per heavy atom. The van der Waals surface area contributed by atoms with Crippen LogP contribution in [0.3, 0.4) is 0 Å². The minimum atomic E-state index is -0.418. The fourth-order valence-electron chi connectivity index (χ4n) is 1.99. The van der Waals surface area contributed by atoms with Crippen molar-refractivity contribution in [1.82, 2.24) is 9.97 Å². The Labute approximate surface area is 121 Å². The smallest absolute Gasteiger partial charge is 0.258 e. The van der Waals surface area contributed by atoms with E-state index in [9.17, 15) is 10.1 Å². The maximum Gasteiger partial charge on any atom is 0.269 e. The molecule has 0 spiro atoms. The molecule has 0 bridgehead atoms. The number of benzene rings is 2. The van der Waals surface area contributed by atoms with Gasteiger partial charge in [-0.3, -0.25) is 10.1 Å². The van der Waals surface area contributed by atoms with Crippen LogP contribution in [0.2, 0.25) is 0 Å². The summed E-state index contributed by atoms with van der Waals surface area (Å²) in [5.41, 5.74) is 2.69. The summed E-state index contributed by atoms with van der Waals surface area (Å²) in [5.74, 6) is 0.654. The number of aromatic nitrogens is 2. The highest BCUT2D eigenvalue weighted by molar-refractivity contribution is 5.64. The molecule has 0 fully saturated rings. The molecule has 0 saturated heterocycles. The summed E-state index contributed by atoms with van der Waals surface area (Å²) in [5, 5.41) is 10.6. The molecule has 3 rings (SSSR count). The molecule has 5 heteroatoms. The summed E-state index contributed by atoms with van der Waals surface area (Å²) in [6.45, 7) is 0. The van der Waals surface area contributed by atoms with E-state index in [1.54, 1.807) is 24.5 Å². The van der Waals surface area contributed by atoms with Crippen LogP contribution in [0.5, 0.6) is 0 Å². The Balaban J connectivity index is 1.89. The van der Waals surface area contributed by atoms with Crippen LogP contribution >= 0.6 is 0 Å². The first kappa shape index (κ1) is 12.9. The van der Waals surface area contributed by atoms with E-state index in [-0.39, 0.29) is 5.69 Å². The van der Waals surface area contributed by atoms with E-state index in [2.05, 4.69) is 9.97 Å². The zero-order valence-corrected chi connectivity index (χ0v) is 11.0. The van der Waals surface area contributed by atoms with Gasteiger partial charge in [0, 0.05) is 35.7 Å². The van der Waals surface area contributed by atoms with Gasteiger partial charge in [-0.2, -0.15) is 0 Å². The van der Waals surface area contributed by atoms with Crippen LogP contribution in [-0.2, 0) is 0 Å². The number of nitrogens with zero attached hydrogens (tertiary/aromatic N) is 3. The maximum atomic E-state index is 10.6. The predicted molar refractivity (Wildman–Crippen MR) is 79.6 cm³/mol. The zero-order chi connectivity index (χ0) is 14.7. The molecule has 0 N–H and O–H groups in total. The van der Waals surface area contributed by atoms with Gasteiger partial charge in [0.2, 0.25) is 0 Å². The third-order valence-corrected chi connectivity index (χ3v) is 3.10. The second-order valence-corrected chi connectivity index (χ2v) is 4.47. The lowest BCUT2D eigenvalue weighted by Gasteiger charge is -2.03. The number of non-ortho nitro benzene ring substituents is 1. The number of nitro benzene ring substituents is 1. The molecule has 0 aliphatic heterocycles. The molecule has 3 aromatic rings. The van der Waals surface area contributed by atoms with Gasteiger partial charge in [0.1, 0.15) is 0 Å². The normalized spacial score (nSPS) is 10.3. The van der Waals surface area contributed by atoms with E-state index in [1.807, 2.05) is 30.3 Å². The maximum absolute atomic E-state index is 10.6. The minimum Gasteiger partial charge on any atom is -0.258 e. The van der Waals surface area contributed by atoms with Crippen molar-refractivity contribution in [1.29, 1.82) is 0 Å². The Morgan fingerprint density at radius 3 is 1.95 bits per heavy atom. The summed E-state index contributed by atoms with van der Waals surface area (Å²) in [6.07, 6.45) is 3.44. The van der Waals surface area contributed by atoms with Gasteiger partial charge < -0.3 is 0 Å². The van der Waals surface area contributed by atoms with Crippen molar-refractivity contribution in [2.75, 3.05) is 0 Å². The van der Waals surface area contributed by atoms with Gasteiger partial charge in [-0.1, -0.05) is 30.3 Å². The Kier molecular flexibility index (Phi) is 3.39. The number of hydrogen-bond donors (Lipinski definition) is 0. The monoisotopic (exact) mass is 277 g/mol. The average Bonchev–Trinajstić information content (AvgIpc) is 2.56. The largest absolute Gasteiger partial charge is 0.269 e. The zero-order valence-electron chi connectivity index (χ0n) is 11.0. The molecule has 5 nitrogen and oxygen atoms in total. The van der Waals surface area contributed by atoms with Crippen LogP contribution in [-0.4, -0.2) is 14.9 Å². The number of nitro groups is 1. The second kappa shape index (κ2) is 5.50. The summed E-state index contributed by atoms with van der Waals surface area (Å²) < 4.78 is 0. The van der Waals surface area contributed by atoms with E-state index >= 15 is 0 Å². The summed E-state index contributed by atoms with van der Waals surface area (Å²) >= 11 is 0. The van der Waals surface area contributed by atoms with Crippen LogP contribution in [0.4, 0.5) is 5.69 Å². The van der Waals surface area contributed by atoms with Gasteiger partial charge in [0.25, 0.3) is 5.69 Å². The molecule has 0 radical (unpaired) electrons. The lowest BCUT2D eigenvalue weighted by molar-refractivity contribution is -0.384. The molecule has 0 atom stereocenters. The molecule has 1 heterocycles. The number of rotatable bonds is 3. The topological polar surface area (TPSA) is 68.9 Å². The quantitative estimate of drug-likeness (QED) is 0.540. The van der Waals surface area contributed by atoms with Crippen LogP contribution in [0.15, 0.2) is 67.0 Å². The van der Waals surface area contributed by atoms with Crippen LogP contribution < -0.4 is 0 Å². The molecule has 0 unspecified atom stereocenters. The first-order chi connectivity index (χ1) is 10.2.